The smallest absolute Gasteiger partial charge is 0.341 e. The highest BCUT2D eigenvalue weighted by molar-refractivity contribution is 5.89. The Hall–Kier alpha value is -3.21. The van der Waals surface area contributed by atoms with Gasteiger partial charge in [0.05, 0.1) is 5.56 Å². The number of amides is 1. The molecule has 5 heteroatoms. The van der Waals surface area contributed by atoms with E-state index in [4.69, 9.17) is 4.74 Å². The SMILES string of the molecule is CC/C=C\C/C=C\C/C=C\C/C=C\C/C=C\CCCC(=O)NC(C)OC(=O)c1cccnc1. The van der Waals surface area contributed by atoms with Crippen molar-refractivity contribution in [2.45, 2.75) is 71.4 Å². The summed E-state index contributed by atoms with van der Waals surface area (Å²) in [5.74, 6) is -0.636. The van der Waals surface area contributed by atoms with E-state index in [1.165, 1.54) is 6.20 Å². The standard InChI is InChI=1S/C28H38N2O3/c1-3-4-5-6-7-8-9-10-11-12-13-14-15-16-17-18-19-22-27(31)30-25(2)33-28(32)26-21-20-23-29-24-26/h4-5,7-8,10-11,13-14,16-17,20-21,23-25H,3,6,9,12,15,18-19,22H2,1-2H3,(H,30,31)/b5-4-,8-7-,11-10-,14-13-,17-16-. The fourth-order valence-corrected chi connectivity index (χ4v) is 2.79. The molecule has 1 N–H and O–H groups in total. The van der Waals surface area contributed by atoms with Gasteiger partial charge < -0.3 is 10.1 Å². The summed E-state index contributed by atoms with van der Waals surface area (Å²) in [6, 6.07) is 3.28. The van der Waals surface area contributed by atoms with Gasteiger partial charge in [-0.2, -0.15) is 0 Å². The monoisotopic (exact) mass is 450 g/mol. The van der Waals surface area contributed by atoms with Gasteiger partial charge in [0.25, 0.3) is 0 Å². The van der Waals surface area contributed by atoms with Gasteiger partial charge in [-0.25, -0.2) is 4.79 Å². The predicted octanol–water partition coefficient (Wildman–Crippen LogP) is 6.62. The molecule has 1 amide bonds. The van der Waals surface area contributed by atoms with Crippen molar-refractivity contribution in [2.24, 2.45) is 0 Å². The first kappa shape index (κ1) is 27.8. The van der Waals surface area contributed by atoms with Gasteiger partial charge in [0, 0.05) is 18.8 Å². The number of nitrogens with one attached hydrogen (secondary N) is 1. The van der Waals surface area contributed by atoms with Gasteiger partial charge in [-0.05, 0) is 64.0 Å². The summed E-state index contributed by atoms with van der Waals surface area (Å²) in [5, 5.41) is 2.68. The van der Waals surface area contributed by atoms with Gasteiger partial charge in [-0.15, -0.1) is 0 Å². The van der Waals surface area contributed by atoms with E-state index in [1.807, 2.05) is 0 Å². The minimum atomic E-state index is -0.682. The summed E-state index contributed by atoms with van der Waals surface area (Å²) in [4.78, 5) is 27.8. The summed E-state index contributed by atoms with van der Waals surface area (Å²) in [7, 11) is 0. The van der Waals surface area contributed by atoms with Crippen molar-refractivity contribution in [3.05, 3.63) is 90.9 Å². The van der Waals surface area contributed by atoms with Crippen molar-refractivity contribution >= 4 is 11.9 Å². The summed E-state index contributed by atoms with van der Waals surface area (Å²) in [6.07, 6.45) is 30.9. The predicted molar refractivity (Wildman–Crippen MR) is 136 cm³/mol. The maximum absolute atomic E-state index is 12.0. The molecule has 0 saturated carbocycles. The fourth-order valence-electron chi connectivity index (χ4n) is 2.79. The van der Waals surface area contributed by atoms with Crippen LogP contribution in [-0.2, 0) is 9.53 Å². The van der Waals surface area contributed by atoms with E-state index >= 15 is 0 Å². The molecule has 0 spiro atoms. The van der Waals surface area contributed by atoms with Crippen LogP contribution in [-0.4, -0.2) is 23.1 Å². The summed E-state index contributed by atoms with van der Waals surface area (Å²) in [5.41, 5.74) is 0.358. The number of allylic oxidation sites excluding steroid dienone is 10. The number of carbonyl (C=O) groups excluding carboxylic acids is 2. The average molecular weight is 451 g/mol. The molecule has 0 aliphatic rings. The van der Waals surface area contributed by atoms with Crippen molar-refractivity contribution in [3.63, 3.8) is 0 Å². The number of aromatic nitrogens is 1. The third-order valence-electron chi connectivity index (χ3n) is 4.48. The Morgan fingerprint density at radius 2 is 1.52 bits per heavy atom. The molecule has 1 heterocycles. The lowest BCUT2D eigenvalue weighted by molar-refractivity contribution is -0.123. The van der Waals surface area contributed by atoms with Crippen LogP contribution in [0.5, 0.6) is 0 Å². The largest absolute Gasteiger partial charge is 0.438 e. The fraction of sp³-hybridized carbons (Fsp3) is 0.393. The zero-order valence-electron chi connectivity index (χ0n) is 20.0. The highest BCUT2D eigenvalue weighted by Gasteiger charge is 2.13. The molecule has 1 aromatic heterocycles. The molecule has 0 radical (unpaired) electrons. The van der Waals surface area contributed by atoms with Gasteiger partial charge in [0.2, 0.25) is 5.91 Å². The maximum Gasteiger partial charge on any atom is 0.341 e. The van der Waals surface area contributed by atoms with Gasteiger partial charge in [0.1, 0.15) is 0 Å². The molecule has 5 nitrogen and oxygen atoms in total. The molecule has 0 bridgehead atoms. The van der Waals surface area contributed by atoms with E-state index in [-0.39, 0.29) is 5.91 Å². The van der Waals surface area contributed by atoms with Crippen LogP contribution < -0.4 is 5.32 Å². The highest BCUT2D eigenvalue weighted by Crippen LogP contribution is 2.03. The van der Waals surface area contributed by atoms with Crippen molar-refractivity contribution in [3.8, 4) is 0 Å². The Balaban J connectivity index is 2.04. The topological polar surface area (TPSA) is 68.3 Å². The molecule has 0 aliphatic heterocycles. The molecule has 1 unspecified atom stereocenters. The number of esters is 1. The molecule has 0 fully saturated rings. The molecule has 178 valence electrons. The van der Waals surface area contributed by atoms with E-state index in [2.05, 4.69) is 78.0 Å². The summed E-state index contributed by atoms with van der Waals surface area (Å²) >= 11 is 0. The lowest BCUT2D eigenvalue weighted by Gasteiger charge is -2.14. The zero-order chi connectivity index (χ0) is 24.0. The minimum Gasteiger partial charge on any atom is -0.438 e. The second-order valence-corrected chi connectivity index (χ2v) is 7.46. The Morgan fingerprint density at radius 1 is 0.939 bits per heavy atom. The molecule has 0 aromatic carbocycles. The van der Waals surface area contributed by atoms with E-state index in [0.29, 0.717) is 12.0 Å². The second-order valence-electron chi connectivity index (χ2n) is 7.46. The van der Waals surface area contributed by atoms with Crippen LogP contribution in [0.3, 0.4) is 0 Å². The lowest BCUT2D eigenvalue weighted by Crippen LogP contribution is -2.36. The normalized spacial score (nSPS) is 13.0. The van der Waals surface area contributed by atoms with Crippen molar-refractivity contribution in [1.29, 1.82) is 0 Å². The Morgan fingerprint density at radius 3 is 2.06 bits per heavy atom. The number of carbonyl (C=O) groups is 2. The molecule has 1 rings (SSSR count). The molecule has 33 heavy (non-hydrogen) atoms. The van der Waals surface area contributed by atoms with Crippen LogP contribution in [0.1, 0.15) is 75.6 Å². The number of hydrogen-bond donors (Lipinski definition) is 1. The molecule has 0 aliphatic carbocycles. The van der Waals surface area contributed by atoms with Crippen molar-refractivity contribution < 1.29 is 14.3 Å². The molecule has 1 atom stereocenters. The molecule has 0 saturated heterocycles. The number of unbranched alkanes of at least 4 members (excludes halogenated alkanes) is 1. The third kappa shape index (κ3) is 16.1. The zero-order valence-corrected chi connectivity index (χ0v) is 20.0. The van der Waals surface area contributed by atoms with E-state index in [9.17, 15) is 9.59 Å². The number of pyridine rings is 1. The summed E-state index contributed by atoms with van der Waals surface area (Å²) < 4.78 is 5.20. The van der Waals surface area contributed by atoms with Crippen LogP contribution in [0.15, 0.2) is 85.3 Å². The molecule has 1 aromatic rings. The van der Waals surface area contributed by atoms with Gasteiger partial charge in [-0.3, -0.25) is 9.78 Å². The lowest BCUT2D eigenvalue weighted by atomic mass is 10.2. The minimum absolute atomic E-state index is 0.131. The van der Waals surface area contributed by atoms with Crippen LogP contribution in [0.2, 0.25) is 0 Å². The van der Waals surface area contributed by atoms with E-state index in [1.54, 1.807) is 25.3 Å². The van der Waals surface area contributed by atoms with Crippen LogP contribution in [0.25, 0.3) is 0 Å². The number of nitrogens with zero attached hydrogens (tertiary/aromatic N) is 1. The first-order valence-electron chi connectivity index (χ1n) is 11.8. The average Bonchev–Trinajstić information content (AvgIpc) is 2.81. The number of hydrogen-bond acceptors (Lipinski definition) is 4. The number of ether oxygens (including phenoxy) is 1. The highest BCUT2D eigenvalue weighted by atomic mass is 16.6. The van der Waals surface area contributed by atoms with Crippen molar-refractivity contribution in [1.82, 2.24) is 10.3 Å². The first-order valence-corrected chi connectivity index (χ1v) is 11.8. The second kappa shape index (κ2) is 19.5. The quantitative estimate of drug-likeness (QED) is 0.133. The molecular weight excluding hydrogens is 412 g/mol. The maximum atomic E-state index is 12.0. The Bertz CT molecular complexity index is 808. The van der Waals surface area contributed by atoms with E-state index in [0.717, 1.165) is 44.9 Å². The van der Waals surface area contributed by atoms with E-state index < -0.39 is 12.2 Å². The van der Waals surface area contributed by atoms with Crippen LogP contribution in [0, 0.1) is 0 Å². The third-order valence-corrected chi connectivity index (χ3v) is 4.48. The summed E-state index contributed by atoms with van der Waals surface area (Å²) in [6.45, 7) is 3.78. The van der Waals surface area contributed by atoms with Gasteiger partial charge in [0.15, 0.2) is 6.23 Å². The molecular formula is C28H38N2O3. The number of rotatable bonds is 16. The van der Waals surface area contributed by atoms with Gasteiger partial charge in [-0.1, -0.05) is 67.7 Å². The van der Waals surface area contributed by atoms with Gasteiger partial charge >= 0.3 is 5.97 Å². The van der Waals surface area contributed by atoms with Crippen LogP contribution in [0.4, 0.5) is 0 Å². The van der Waals surface area contributed by atoms with Crippen molar-refractivity contribution in [2.75, 3.05) is 0 Å². The Labute approximate surface area is 199 Å². The first-order chi connectivity index (χ1) is 16.1. The van der Waals surface area contributed by atoms with Crippen LogP contribution >= 0.6 is 0 Å². The Kier molecular flexibility index (Phi) is 16.4.